The first-order chi connectivity index (χ1) is 7.55. The highest BCUT2D eigenvalue weighted by Crippen LogP contribution is 2.39. The van der Waals surface area contributed by atoms with Gasteiger partial charge in [-0.15, -0.1) is 0 Å². The van der Waals surface area contributed by atoms with Crippen LogP contribution >= 0.6 is 0 Å². The van der Waals surface area contributed by atoms with E-state index in [0.717, 1.165) is 18.1 Å². The van der Waals surface area contributed by atoms with Crippen molar-refractivity contribution in [3.8, 4) is 0 Å². The largest absolute Gasteiger partial charge is 0.295 e. The van der Waals surface area contributed by atoms with Crippen molar-refractivity contribution in [1.82, 2.24) is 9.80 Å². The van der Waals surface area contributed by atoms with Gasteiger partial charge in [0, 0.05) is 36.8 Å². The highest BCUT2D eigenvalue weighted by atomic mass is 15.4. The highest BCUT2D eigenvalue weighted by molar-refractivity contribution is 5.05. The summed E-state index contributed by atoms with van der Waals surface area (Å²) in [6.07, 6.45) is 7.33. The summed E-state index contributed by atoms with van der Waals surface area (Å²) in [5.41, 5.74) is 0.376. The van der Waals surface area contributed by atoms with Crippen LogP contribution in [-0.2, 0) is 0 Å². The van der Waals surface area contributed by atoms with Crippen LogP contribution in [0.5, 0.6) is 0 Å². The third kappa shape index (κ3) is 1.70. The van der Waals surface area contributed by atoms with Crippen LogP contribution in [0.2, 0.25) is 0 Å². The van der Waals surface area contributed by atoms with Crippen LogP contribution in [0.1, 0.15) is 52.9 Å². The minimum Gasteiger partial charge on any atom is -0.295 e. The quantitative estimate of drug-likeness (QED) is 0.672. The first-order valence-corrected chi connectivity index (χ1v) is 7.08. The van der Waals surface area contributed by atoms with Gasteiger partial charge >= 0.3 is 0 Å². The lowest BCUT2D eigenvalue weighted by Crippen LogP contribution is -2.55. The Hall–Kier alpha value is -0.0800. The van der Waals surface area contributed by atoms with Gasteiger partial charge in [0.05, 0.1) is 0 Å². The lowest BCUT2D eigenvalue weighted by atomic mass is 10.0. The van der Waals surface area contributed by atoms with Crippen molar-refractivity contribution in [2.75, 3.05) is 13.1 Å². The van der Waals surface area contributed by atoms with Crippen LogP contribution in [0.25, 0.3) is 0 Å². The Morgan fingerprint density at radius 2 is 1.56 bits per heavy atom. The number of hydrogen-bond acceptors (Lipinski definition) is 2. The van der Waals surface area contributed by atoms with E-state index in [1.165, 1.54) is 45.2 Å². The van der Waals surface area contributed by atoms with E-state index in [-0.39, 0.29) is 0 Å². The molecule has 1 saturated carbocycles. The Labute approximate surface area is 100.0 Å². The van der Waals surface area contributed by atoms with Gasteiger partial charge in [-0.25, -0.2) is 0 Å². The molecule has 0 spiro atoms. The predicted molar refractivity (Wildman–Crippen MR) is 67.6 cm³/mol. The molecular formula is C14H26N2. The standard InChI is InChI=1S/C14H26N2/c1-14(2,3)16-10-12-8-13(16)9-15(12)11-6-4-5-7-11/h11-13H,4-10H2,1-3H3/t12-,13-/m1/s1. The molecule has 1 aliphatic carbocycles. The molecule has 0 unspecified atom stereocenters. The van der Waals surface area contributed by atoms with Gasteiger partial charge in [-0.2, -0.15) is 0 Å². The van der Waals surface area contributed by atoms with E-state index in [0.29, 0.717) is 5.54 Å². The van der Waals surface area contributed by atoms with Crippen molar-refractivity contribution >= 4 is 0 Å². The van der Waals surface area contributed by atoms with Gasteiger partial charge in [-0.3, -0.25) is 9.80 Å². The Morgan fingerprint density at radius 3 is 2.06 bits per heavy atom. The molecule has 2 bridgehead atoms. The predicted octanol–water partition coefficient (Wildman–Crippen LogP) is 2.49. The Bertz CT molecular complexity index is 262. The van der Waals surface area contributed by atoms with E-state index in [4.69, 9.17) is 0 Å². The molecule has 2 heteroatoms. The minimum absolute atomic E-state index is 0.376. The molecule has 2 saturated heterocycles. The number of likely N-dealkylation sites (tertiary alicyclic amines) is 2. The van der Waals surface area contributed by atoms with Crippen LogP contribution in [0.3, 0.4) is 0 Å². The summed E-state index contributed by atoms with van der Waals surface area (Å²) in [7, 11) is 0. The van der Waals surface area contributed by atoms with Crippen molar-refractivity contribution in [3.05, 3.63) is 0 Å². The maximum absolute atomic E-state index is 2.85. The second-order valence-corrected chi connectivity index (χ2v) is 7.00. The van der Waals surface area contributed by atoms with Gasteiger partial charge in [0.15, 0.2) is 0 Å². The summed E-state index contributed by atoms with van der Waals surface area (Å²) >= 11 is 0. The van der Waals surface area contributed by atoms with Gasteiger partial charge in [-0.1, -0.05) is 12.8 Å². The molecule has 3 rings (SSSR count). The molecule has 0 aromatic carbocycles. The molecule has 2 aliphatic heterocycles. The smallest absolute Gasteiger partial charge is 0.0244 e. The number of hydrogen-bond donors (Lipinski definition) is 0. The van der Waals surface area contributed by atoms with E-state index >= 15 is 0 Å². The summed E-state index contributed by atoms with van der Waals surface area (Å²) < 4.78 is 0. The second-order valence-electron chi connectivity index (χ2n) is 7.00. The normalized spacial score (nSPS) is 37.7. The summed E-state index contributed by atoms with van der Waals surface area (Å²) in [5, 5.41) is 0. The fourth-order valence-corrected chi connectivity index (χ4v) is 4.20. The van der Waals surface area contributed by atoms with Crippen LogP contribution in [0, 0.1) is 0 Å². The lowest BCUT2D eigenvalue weighted by Gasteiger charge is -2.43. The minimum atomic E-state index is 0.376. The van der Waals surface area contributed by atoms with Gasteiger partial charge in [-0.05, 0) is 40.0 Å². The Kier molecular flexibility index (Phi) is 2.56. The molecule has 92 valence electrons. The first-order valence-electron chi connectivity index (χ1n) is 7.08. The molecule has 0 amide bonds. The maximum Gasteiger partial charge on any atom is 0.0244 e. The molecule has 0 aromatic rings. The Morgan fingerprint density at radius 1 is 0.875 bits per heavy atom. The third-order valence-corrected chi connectivity index (χ3v) is 4.94. The summed E-state index contributed by atoms with van der Waals surface area (Å²) in [6.45, 7) is 9.78. The molecular weight excluding hydrogens is 196 g/mol. The molecule has 0 aromatic heterocycles. The SMILES string of the molecule is CC(C)(C)N1C[C@H]2C[C@@H]1CN2C1CCCC1. The van der Waals surface area contributed by atoms with Crippen LogP contribution in [0.4, 0.5) is 0 Å². The molecule has 3 aliphatic rings. The third-order valence-electron chi connectivity index (χ3n) is 4.94. The zero-order chi connectivity index (χ0) is 11.3. The van der Waals surface area contributed by atoms with Gasteiger partial charge in [0.1, 0.15) is 0 Å². The van der Waals surface area contributed by atoms with Crippen LogP contribution < -0.4 is 0 Å². The van der Waals surface area contributed by atoms with Crippen molar-refractivity contribution < 1.29 is 0 Å². The monoisotopic (exact) mass is 222 g/mol. The number of rotatable bonds is 1. The molecule has 2 nitrogen and oxygen atoms in total. The lowest BCUT2D eigenvalue weighted by molar-refractivity contribution is 0.0397. The van der Waals surface area contributed by atoms with Crippen LogP contribution in [-0.4, -0.2) is 46.6 Å². The zero-order valence-corrected chi connectivity index (χ0v) is 11.1. The van der Waals surface area contributed by atoms with E-state index in [9.17, 15) is 0 Å². The van der Waals surface area contributed by atoms with Crippen molar-refractivity contribution in [3.63, 3.8) is 0 Å². The summed E-state index contributed by atoms with van der Waals surface area (Å²) in [6, 6.07) is 2.68. The van der Waals surface area contributed by atoms with Gasteiger partial charge in [0.2, 0.25) is 0 Å². The molecule has 16 heavy (non-hydrogen) atoms. The maximum atomic E-state index is 2.85. The Balaban J connectivity index is 1.66. The molecule has 0 N–H and O–H groups in total. The molecule has 3 fully saturated rings. The first kappa shape index (κ1) is 11.0. The van der Waals surface area contributed by atoms with E-state index in [1.54, 1.807) is 0 Å². The second kappa shape index (κ2) is 3.71. The van der Waals surface area contributed by atoms with Gasteiger partial charge in [0.25, 0.3) is 0 Å². The number of piperazine rings is 1. The van der Waals surface area contributed by atoms with E-state index in [2.05, 4.69) is 30.6 Å². The summed E-state index contributed by atoms with van der Waals surface area (Å²) in [4.78, 5) is 5.59. The fourth-order valence-electron chi connectivity index (χ4n) is 4.20. The van der Waals surface area contributed by atoms with Crippen LogP contribution in [0.15, 0.2) is 0 Å². The van der Waals surface area contributed by atoms with E-state index < -0.39 is 0 Å². The van der Waals surface area contributed by atoms with Crippen molar-refractivity contribution in [2.45, 2.75) is 76.5 Å². The number of nitrogens with zero attached hydrogens (tertiary/aromatic N) is 2. The zero-order valence-electron chi connectivity index (χ0n) is 11.1. The molecule has 2 heterocycles. The topological polar surface area (TPSA) is 6.48 Å². The van der Waals surface area contributed by atoms with E-state index in [1.807, 2.05) is 0 Å². The molecule has 0 radical (unpaired) electrons. The van der Waals surface area contributed by atoms with Crippen molar-refractivity contribution in [1.29, 1.82) is 0 Å². The fraction of sp³-hybridized carbons (Fsp3) is 1.00. The van der Waals surface area contributed by atoms with Gasteiger partial charge < -0.3 is 0 Å². The average Bonchev–Trinajstić information content (AvgIpc) is 2.91. The highest BCUT2D eigenvalue weighted by Gasteiger charge is 2.48. The average molecular weight is 222 g/mol. The summed E-state index contributed by atoms with van der Waals surface area (Å²) in [5.74, 6) is 0. The molecule has 2 atom stereocenters. The number of fused-ring (bicyclic) bond motifs is 2. The van der Waals surface area contributed by atoms with Crippen molar-refractivity contribution in [2.24, 2.45) is 0 Å².